The number of ether oxygens (including phenoxy) is 1. The molecule has 3 aliphatic heterocycles. The lowest BCUT2D eigenvalue weighted by atomic mass is 10.0. The van der Waals surface area contributed by atoms with Gasteiger partial charge in [-0.1, -0.05) is 72.9 Å². The number of rotatable bonds is 53. The van der Waals surface area contributed by atoms with E-state index in [9.17, 15) is 91.1 Å². The summed E-state index contributed by atoms with van der Waals surface area (Å²) in [6.45, 7) is 15.7. The number of hydrogen-bond donors (Lipinski definition) is 13. The number of urea groups is 3. The lowest BCUT2D eigenvalue weighted by molar-refractivity contribution is -0.139. The highest BCUT2D eigenvalue weighted by Gasteiger charge is 2.40. The average Bonchev–Trinajstić information content (AvgIpc) is 1.70. The van der Waals surface area contributed by atoms with Gasteiger partial charge in [0.25, 0.3) is 6.45 Å². The highest BCUT2D eigenvalue weighted by molar-refractivity contribution is 8.00. The van der Waals surface area contributed by atoms with Gasteiger partial charge < -0.3 is 74.6 Å². The van der Waals surface area contributed by atoms with E-state index in [0.29, 0.717) is 133 Å². The van der Waals surface area contributed by atoms with Gasteiger partial charge in [-0.15, -0.1) is 11.8 Å². The molecule has 0 bridgehead atoms. The summed E-state index contributed by atoms with van der Waals surface area (Å²) in [6.07, 6.45) is 15.0. The Morgan fingerprint density at radius 2 is 0.822 bits per heavy atom. The third kappa shape index (κ3) is 43.2. The van der Waals surface area contributed by atoms with Crippen LogP contribution >= 0.6 is 47.0 Å². The first-order valence-corrected chi connectivity index (χ1v) is 44.9. The minimum Gasteiger partial charge on any atom is -0.463 e. The highest BCUT2D eigenvalue weighted by atomic mass is 32.2. The number of ketones is 2. The molecule has 40 heteroatoms. The third-order valence-electron chi connectivity index (χ3n) is 18.8. The van der Waals surface area contributed by atoms with Gasteiger partial charge in [0.05, 0.1) is 33.9 Å². The molecule has 0 aliphatic carbocycles. The fraction of sp³-hybridized carbons (Fsp3) is 0.679. The monoisotopic (exact) mass is 1740 g/mol. The summed E-state index contributed by atoms with van der Waals surface area (Å²) in [5.74, 6) is -3.12. The molecule has 0 spiro atoms. The van der Waals surface area contributed by atoms with Crippen LogP contribution in [0, 0.1) is 17.8 Å². The zero-order valence-electron chi connectivity index (χ0n) is 72.1. The van der Waals surface area contributed by atoms with Crippen molar-refractivity contribution in [2.24, 2.45) is 35.0 Å². The van der Waals surface area contributed by atoms with Crippen molar-refractivity contribution in [1.29, 1.82) is 0 Å². The summed E-state index contributed by atoms with van der Waals surface area (Å²) in [7, 11) is 0. The summed E-state index contributed by atoms with van der Waals surface area (Å²) < 4.78 is 18.2. The van der Waals surface area contributed by atoms with Crippen LogP contribution in [0.5, 0.6) is 0 Å². The number of thioether (sulfide) groups is 4. The van der Waals surface area contributed by atoms with E-state index >= 15 is 0 Å². The number of nitrogens with zero attached hydrogens (tertiary/aromatic N) is 3. The van der Waals surface area contributed by atoms with Crippen LogP contribution in [-0.4, -0.2) is 250 Å². The molecular weight excluding hydrogens is 1610 g/mol. The van der Waals surface area contributed by atoms with Crippen molar-refractivity contribution in [2.75, 3.05) is 75.5 Å². The number of unbranched alkanes of at least 4 members (excludes halogenated alkanes) is 6. The summed E-state index contributed by atoms with van der Waals surface area (Å²) in [6, 6.07) is 0.0913. The van der Waals surface area contributed by atoms with Crippen LogP contribution in [0.2, 0.25) is 0 Å². The van der Waals surface area contributed by atoms with Crippen LogP contribution in [-0.2, 0) is 88.1 Å². The van der Waals surface area contributed by atoms with Crippen molar-refractivity contribution < 1.29 is 98.6 Å². The van der Waals surface area contributed by atoms with E-state index in [0.717, 1.165) is 6.42 Å². The Morgan fingerprint density at radius 1 is 0.475 bits per heavy atom. The molecule has 3 fully saturated rings. The van der Waals surface area contributed by atoms with E-state index in [1.807, 2.05) is 32.6 Å². The number of carbonyl (C=O) groups is 19. The van der Waals surface area contributed by atoms with Crippen molar-refractivity contribution in [3.8, 4) is 0 Å². The number of amides is 18. The van der Waals surface area contributed by atoms with Gasteiger partial charge in [0.2, 0.25) is 70.9 Å². The molecule has 3 aliphatic rings. The van der Waals surface area contributed by atoms with Gasteiger partial charge >= 0.3 is 18.1 Å². The van der Waals surface area contributed by atoms with Gasteiger partial charge in [0.1, 0.15) is 32.4 Å². The predicted molar refractivity (Wildman–Crippen MR) is 455 cm³/mol. The largest absolute Gasteiger partial charge is 0.463 e. The molecule has 3 heterocycles. The molecule has 36 nitrogen and oxygen atoms in total. The Labute approximate surface area is 712 Å². The fourth-order valence-corrected chi connectivity index (χ4v) is 14.3. The lowest BCUT2D eigenvalue weighted by Gasteiger charge is -2.25. The van der Waals surface area contributed by atoms with E-state index in [1.54, 1.807) is 70.0 Å². The van der Waals surface area contributed by atoms with E-state index in [2.05, 4.69) is 57.9 Å². The van der Waals surface area contributed by atoms with Crippen molar-refractivity contribution in [2.45, 2.75) is 249 Å². The maximum Gasteiger partial charge on any atom is 0.312 e. The zero-order chi connectivity index (χ0) is 90.7. The number of hydrogen-bond acceptors (Lipinski definition) is 25. The van der Waals surface area contributed by atoms with Crippen molar-refractivity contribution in [3.05, 3.63) is 29.8 Å². The zero-order valence-corrected chi connectivity index (χ0v) is 73.4. The van der Waals surface area contributed by atoms with Gasteiger partial charge in [-0.25, -0.2) is 14.4 Å². The topological polar surface area (TPSA) is 542 Å². The summed E-state index contributed by atoms with van der Waals surface area (Å²) in [5, 5.41) is 26.1. The molecule has 1 aromatic rings. The Kier molecular flexibility index (Phi) is 53.0. The SMILES string of the molecule is CSC1CC(=O)N(CCCCCC(=O)N[C@H](C(=O)N[C@@H](CCCNC(N)=O)C(C)=O)C(C)C)C1=O.CSCN[C@H](C(=O)N[C@@H](CCCNC(N)=O)C(C)=O)C(C)C.[2H]C(=O)CCCCCN1C(=O)CC(SC)C1=O.[2H]C(=O)OCc1ccc(NC(=O)[C@H](CCCNC(N)=O)NC(=O)[C@@H](NC(=O)CCCCCN2C(=O)CC(SC)C2=O)C(C)C)cc1. The number of nitrogens with one attached hydrogen (secondary N) is 10. The highest BCUT2D eigenvalue weighted by Crippen LogP contribution is 2.27. The first-order chi connectivity index (χ1) is 56.6. The first-order valence-electron chi connectivity index (χ1n) is 40.6. The molecule has 118 heavy (non-hydrogen) atoms. The molecule has 18 amide bonds. The van der Waals surface area contributed by atoms with Gasteiger partial charge in [0.15, 0.2) is 12.9 Å². The van der Waals surface area contributed by atoms with Crippen LogP contribution in [0.1, 0.15) is 199 Å². The molecular formula is C78H128N16O20S4. The second-order valence-electron chi connectivity index (χ2n) is 29.2. The van der Waals surface area contributed by atoms with Crippen molar-refractivity contribution in [1.82, 2.24) is 62.6 Å². The summed E-state index contributed by atoms with van der Waals surface area (Å²) >= 11 is 5.76. The van der Waals surface area contributed by atoms with Crippen molar-refractivity contribution >= 4 is 166 Å². The molecule has 4 rings (SSSR count). The molecule has 16 N–H and O–H groups in total. The molecule has 3 saturated heterocycles. The number of primary amides is 3. The van der Waals surface area contributed by atoms with Crippen LogP contribution in [0.4, 0.5) is 20.1 Å². The van der Waals surface area contributed by atoms with Crippen LogP contribution < -0.4 is 70.4 Å². The number of likely N-dealkylation sites (tertiary alicyclic amines) is 3. The first kappa shape index (κ1) is 103. The number of benzene rings is 1. The standard InChI is InChI=1S/C30H44N6O8S.C23H39N5O6S.C14H28N4O3S.C11H17NO3S/c1-19(2)26(35-24(38)9-5-4-6-15-36-25(39)16-23(45-3)29(36)42)28(41)34-22(8-7-14-32-30(31)43)27(40)33-21-12-10-20(11-13-21)17-44-18-37;1-14(2)20(21(32)26-16(15(3)29)9-8-11-25-23(24)34)27-18(30)10-6-5-7-12-28-19(31)13-17(35-4)22(28)33;1-9(2)12(17-8-22-4)13(20)18-11(10(3)19)6-5-7-16-14(15)21;1-16-9-8-10(14)12(11(9)15)6-4-2-3-5-7-13/h10-13,18-19,22-23,26H,4-9,14-17H2,1-3H3,(H,33,40)(H,34,41)(H,35,38)(H3,31,32,43);14,16-17,20H,5-13H2,1-4H3,(H,26,32)(H,27,30)(H3,24,25,34);9,11-12,17H,5-8H2,1-4H3,(H,18,20)(H3,15,16,21);7,9H,2-6,8H2,1H3/t22-,23?,26-;16-,17?,20-;11-,12-;/m000./s1/i18D;;;7D. The minimum atomic E-state index is -1.16. The van der Waals surface area contributed by atoms with Crippen LogP contribution in [0.3, 0.4) is 0 Å². The van der Waals surface area contributed by atoms with Crippen molar-refractivity contribution in [3.63, 3.8) is 0 Å². The number of Topliss-reactive ketones (excluding diaryl/α,β-unsaturated/α-hetero) is 2. The molecule has 3 unspecified atom stereocenters. The molecule has 9 atom stereocenters. The molecule has 0 aromatic heterocycles. The third-order valence-corrected chi connectivity index (χ3v) is 22.1. The number of imide groups is 3. The number of aldehydes is 1. The van der Waals surface area contributed by atoms with Gasteiger partial charge in [0, 0.05) is 89.4 Å². The van der Waals surface area contributed by atoms with E-state index in [4.69, 9.17) is 19.9 Å². The Bertz CT molecular complexity index is 3570. The van der Waals surface area contributed by atoms with Gasteiger partial charge in [-0.05, 0) is 151 Å². The lowest BCUT2D eigenvalue weighted by Crippen LogP contribution is -2.54. The Morgan fingerprint density at radius 3 is 1.14 bits per heavy atom. The Hall–Kier alpha value is -8.89. The van der Waals surface area contributed by atoms with E-state index < -0.39 is 78.7 Å². The molecule has 0 saturated carbocycles. The summed E-state index contributed by atoms with van der Waals surface area (Å²) in [4.78, 5) is 229. The fourth-order valence-electron chi connectivity index (χ4n) is 12.1. The van der Waals surface area contributed by atoms with E-state index in [-0.39, 0.29) is 162 Å². The molecule has 0 radical (unpaired) electrons. The minimum absolute atomic E-state index is 0.0842. The normalized spacial score (nSPS) is 16.7. The second-order valence-corrected chi connectivity index (χ2v) is 33.2. The molecule has 664 valence electrons. The number of anilines is 1. The van der Waals surface area contributed by atoms with Crippen LogP contribution in [0.15, 0.2) is 24.3 Å². The Balaban J connectivity index is 0.000000856. The number of nitrogens with two attached hydrogens (primary N) is 3. The molecule has 1 aromatic carbocycles. The maximum absolute atomic E-state index is 13.3. The van der Waals surface area contributed by atoms with Gasteiger partial charge in [-0.3, -0.25) is 91.9 Å². The second kappa shape index (κ2) is 60.6. The maximum atomic E-state index is 13.3. The quantitative estimate of drug-likeness (QED) is 0.0191. The predicted octanol–water partition coefficient (Wildman–Crippen LogP) is 3.80. The smallest absolute Gasteiger partial charge is 0.312 e. The number of carbonyl (C=O) groups excluding carboxylic acids is 19. The van der Waals surface area contributed by atoms with Gasteiger partial charge in [-0.2, -0.15) is 35.3 Å². The average molecular weight is 1740 g/mol. The summed E-state index contributed by atoms with van der Waals surface area (Å²) in [5.41, 5.74) is 16.1. The van der Waals surface area contributed by atoms with Crippen LogP contribution in [0.25, 0.3) is 0 Å². The van der Waals surface area contributed by atoms with E-state index in [1.165, 1.54) is 63.8 Å².